The first-order chi connectivity index (χ1) is 9.56. The van der Waals surface area contributed by atoms with Gasteiger partial charge in [-0.3, -0.25) is 4.79 Å². The molecule has 1 heterocycles. The number of halogens is 1. The molecule has 2 aromatic rings. The Balaban J connectivity index is 1.83. The number of carbonyl (C=O) groups excluding carboxylic acids is 1. The van der Waals surface area contributed by atoms with E-state index in [4.69, 9.17) is 9.52 Å². The molecule has 0 bridgehead atoms. The van der Waals surface area contributed by atoms with Crippen molar-refractivity contribution in [3.63, 3.8) is 0 Å². The molecule has 2 rings (SSSR count). The van der Waals surface area contributed by atoms with Crippen LogP contribution >= 0.6 is 15.9 Å². The summed E-state index contributed by atoms with van der Waals surface area (Å²) in [6.07, 6.45) is 0.619. The number of furan rings is 1. The largest absolute Gasteiger partial charge is 0.478 e. The van der Waals surface area contributed by atoms with Gasteiger partial charge in [-0.25, -0.2) is 4.79 Å². The van der Waals surface area contributed by atoms with Crippen LogP contribution in [0.3, 0.4) is 0 Å². The van der Waals surface area contributed by atoms with Crippen LogP contribution in [0.1, 0.15) is 26.5 Å². The number of carboxylic acid groups (broad SMARTS) is 1. The Hall–Kier alpha value is -2.08. The van der Waals surface area contributed by atoms with Crippen LogP contribution in [0.5, 0.6) is 0 Å². The first kappa shape index (κ1) is 14.3. The van der Waals surface area contributed by atoms with Gasteiger partial charge < -0.3 is 14.8 Å². The predicted molar refractivity (Wildman–Crippen MR) is 75.8 cm³/mol. The summed E-state index contributed by atoms with van der Waals surface area (Å²) >= 11 is 3.13. The van der Waals surface area contributed by atoms with Crippen LogP contribution < -0.4 is 5.32 Å². The molecular weight excluding hydrogens is 326 g/mol. The highest BCUT2D eigenvalue weighted by atomic mass is 79.9. The van der Waals surface area contributed by atoms with Gasteiger partial charge in [-0.15, -0.1) is 0 Å². The van der Waals surface area contributed by atoms with Crippen LogP contribution in [0.25, 0.3) is 0 Å². The monoisotopic (exact) mass is 337 g/mol. The van der Waals surface area contributed by atoms with Gasteiger partial charge in [-0.2, -0.15) is 0 Å². The first-order valence-corrected chi connectivity index (χ1v) is 6.71. The number of carbonyl (C=O) groups is 2. The topological polar surface area (TPSA) is 79.5 Å². The van der Waals surface area contributed by atoms with Crippen LogP contribution in [0.15, 0.2) is 45.5 Å². The standard InChI is InChI=1S/C14H12BrNO4/c15-12-6-5-11(20-12)13(17)16-8-7-9-1-3-10(4-2-9)14(18)19/h1-6H,7-8H2,(H,16,17)(H,18,19). The van der Waals surface area contributed by atoms with Crippen molar-refractivity contribution >= 4 is 27.8 Å². The number of amides is 1. The van der Waals surface area contributed by atoms with Crippen molar-refractivity contribution in [3.05, 3.63) is 58.0 Å². The molecule has 0 saturated heterocycles. The molecule has 1 aromatic carbocycles. The molecule has 0 spiro atoms. The zero-order valence-corrected chi connectivity index (χ0v) is 12.0. The fraction of sp³-hybridized carbons (Fsp3) is 0.143. The summed E-state index contributed by atoms with van der Waals surface area (Å²) in [5.41, 5.74) is 1.20. The Labute approximate surface area is 123 Å². The van der Waals surface area contributed by atoms with E-state index < -0.39 is 5.97 Å². The number of rotatable bonds is 5. The normalized spacial score (nSPS) is 10.2. The van der Waals surface area contributed by atoms with Gasteiger partial charge in [0.2, 0.25) is 0 Å². The summed E-state index contributed by atoms with van der Waals surface area (Å²) in [6, 6.07) is 9.80. The molecular formula is C14H12BrNO4. The zero-order chi connectivity index (χ0) is 14.5. The molecule has 2 N–H and O–H groups in total. The summed E-state index contributed by atoms with van der Waals surface area (Å²) in [5, 5.41) is 11.5. The number of benzene rings is 1. The highest BCUT2D eigenvalue weighted by molar-refractivity contribution is 9.10. The Bertz CT molecular complexity index is 618. The van der Waals surface area contributed by atoms with Crippen LogP contribution in [0, 0.1) is 0 Å². The Morgan fingerprint density at radius 3 is 2.40 bits per heavy atom. The molecule has 0 saturated carbocycles. The van der Waals surface area contributed by atoms with E-state index in [0.29, 0.717) is 17.6 Å². The summed E-state index contributed by atoms with van der Waals surface area (Å²) in [4.78, 5) is 22.4. The van der Waals surface area contributed by atoms with E-state index >= 15 is 0 Å². The Kier molecular flexibility index (Phi) is 4.57. The maximum Gasteiger partial charge on any atom is 0.335 e. The highest BCUT2D eigenvalue weighted by Crippen LogP contribution is 2.13. The average Bonchev–Trinajstić information content (AvgIpc) is 2.86. The number of carboxylic acids is 1. The van der Waals surface area contributed by atoms with Gasteiger partial charge in [0, 0.05) is 6.54 Å². The summed E-state index contributed by atoms with van der Waals surface area (Å²) in [5.74, 6) is -0.982. The van der Waals surface area contributed by atoms with Crippen molar-refractivity contribution in [2.75, 3.05) is 6.54 Å². The van der Waals surface area contributed by atoms with E-state index in [9.17, 15) is 9.59 Å². The van der Waals surface area contributed by atoms with Crippen LogP contribution in [-0.4, -0.2) is 23.5 Å². The molecule has 0 aliphatic carbocycles. The Morgan fingerprint density at radius 1 is 1.15 bits per heavy atom. The van der Waals surface area contributed by atoms with Gasteiger partial charge in [0.15, 0.2) is 10.4 Å². The number of hydrogen-bond donors (Lipinski definition) is 2. The van der Waals surface area contributed by atoms with Crippen molar-refractivity contribution in [2.45, 2.75) is 6.42 Å². The van der Waals surface area contributed by atoms with Gasteiger partial charge in [0.05, 0.1) is 5.56 Å². The lowest BCUT2D eigenvalue weighted by Gasteiger charge is -2.04. The number of hydrogen-bond acceptors (Lipinski definition) is 3. The fourth-order valence-corrected chi connectivity index (χ4v) is 1.96. The minimum absolute atomic E-state index is 0.248. The van der Waals surface area contributed by atoms with Crippen molar-refractivity contribution < 1.29 is 19.1 Å². The summed E-state index contributed by atoms with van der Waals surface area (Å²) < 4.78 is 5.64. The third-order valence-electron chi connectivity index (χ3n) is 2.70. The second kappa shape index (κ2) is 6.38. The summed E-state index contributed by atoms with van der Waals surface area (Å²) in [7, 11) is 0. The zero-order valence-electron chi connectivity index (χ0n) is 10.4. The molecule has 1 amide bonds. The van der Waals surface area contributed by atoms with Crippen LogP contribution in [0.4, 0.5) is 0 Å². The molecule has 20 heavy (non-hydrogen) atoms. The highest BCUT2D eigenvalue weighted by Gasteiger charge is 2.09. The third kappa shape index (κ3) is 3.71. The number of aromatic carboxylic acids is 1. The van der Waals surface area contributed by atoms with Gasteiger partial charge in [-0.05, 0) is 52.2 Å². The SMILES string of the molecule is O=C(O)c1ccc(CCNC(=O)c2ccc(Br)o2)cc1. The van der Waals surface area contributed by atoms with E-state index in [2.05, 4.69) is 21.2 Å². The second-order valence-corrected chi connectivity index (χ2v) is 4.89. The lowest BCUT2D eigenvalue weighted by atomic mass is 10.1. The van der Waals surface area contributed by atoms with Crippen molar-refractivity contribution in [3.8, 4) is 0 Å². The van der Waals surface area contributed by atoms with E-state index in [0.717, 1.165) is 5.56 Å². The fourth-order valence-electron chi connectivity index (χ4n) is 1.66. The van der Waals surface area contributed by atoms with Gasteiger partial charge in [0.1, 0.15) is 0 Å². The molecule has 0 fully saturated rings. The van der Waals surface area contributed by atoms with E-state index in [1.54, 1.807) is 36.4 Å². The molecule has 5 nitrogen and oxygen atoms in total. The Morgan fingerprint density at radius 2 is 1.85 bits per heavy atom. The van der Waals surface area contributed by atoms with Crippen LogP contribution in [-0.2, 0) is 6.42 Å². The molecule has 1 aromatic heterocycles. The quantitative estimate of drug-likeness (QED) is 0.879. The molecule has 0 aliphatic heterocycles. The molecule has 0 atom stereocenters. The van der Waals surface area contributed by atoms with E-state index in [-0.39, 0.29) is 17.2 Å². The van der Waals surface area contributed by atoms with Gasteiger partial charge in [-0.1, -0.05) is 12.1 Å². The van der Waals surface area contributed by atoms with E-state index in [1.165, 1.54) is 0 Å². The maximum absolute atomic E-state index is 11.7. The second-order valence-electron chi connectivity index (χ2n) is 4.11. The number of nitrogens with one attached hydrogen (secondary N) is 1. The maximum atomic E-state index is 11.7. The van der Waals surface area contributed by atoms with Crippen molar-refractivity contribution in [1.82, 2.24) is 5.32 Å². The average molecular weight is 338 g/mol. The van der Waals surface area contributed by atoms with Gasteiger partial charge >= 0.3 is 5.97 Å². The molecule has 0 unspecified atom stereocenters. The minimum atomic E-state index is -0.951. The third-order valence-corrected chi connectivity index (χ3v) is 3.12. The lowest BCUT2D eigenvalue weighted by molar-refractivity contribution is 0.0696. The first-order valence-electron chi connectivity index (χ1n) is 5.92. The van der Waals surface area contributed by atoms with Gasteiger partial charge in [0.25, 0.3) is 5.91 Å². The molecule has 6 heteroatoms. The van der Waals surface area contributed by atoms with Crippen LogP contribution in [0.2, 0.25) is 0 Å². The minimum Gasteiger partial charge on any atom is -0.478 e. The molecule has 0 aliphatic rings. The lowest BCUT2D eigenvalue weighted by Crippen LogP contribution is -2.25. The van der Waals surface area contributed by atoms with Crippen molar-refractivity contribution in [1.29, 1.82) is 0 Å². The predicted octanol–water partition coefficient (Wildman–Crippen LogP) is 2.71. The van der Waals surface area contributed by atoms with Crippen molar-refractivity contribution in [2.24, 2.45) is 0 Å². The van der Waals surface area contributed by atoms with E-state index in [1.807, 2.05) is 0 Å². The summed E-state index contributed by atoms with van der Waals surface area (Å²) in [6.45, 7) is 0.448. The molecule has 0 radical (unpaired) electrons. The smallest absolute Gasteiger partial charge is 0.335 e. The molecule has 104 valence electrons.